The molecule has 1 aliphatic carbocycles. The van der Waals surface area contributed by atoms with Crippen LogP contribution in [0.4, 0.5) is 0 Å². The maximum atomic E-state index is 13.0. The second-order valence-corrected chi connectivity index (χ2v) is 9.79. The molecule has 1 unspecified atom stereocenters. The van der Waals surface area contributed by atoms with Gasteiger partial charge in [0.1, 0.15) is 4.90 Å². The second kappa shape index (κ2) is 8.46. The van der Waals surface area contributed by atoms with E-state index in [1.807, 2.05) is 0 Å². The van der Waals surface area contributed by atoms with Crippen molar-refractivity contribution in [2.45, 2.75) is 55.9 Å². The van der Waals surface area contributed by atoms with Crippen molar-refractivity contribution in [1.82, 2.24) is 9.62 Å². The lowest BCUT2D eigenvalue weighted by Gasteiger charge is -2.33. The van der Waals surface area contributed by atoms with Crippen LogP contribution in [-0.4, -0.2) is 37.8 Å². The lowest BCUT2D eigenvalue weighted by Crippen LogP contribution is -2.50. The van der Waals surface area contributed by atoms with Gasteiger partial charge in [-0.2, -0.15) is 4.31 Å². The summed E-state index contributed by atoms with van der Waals surface area (Å²) in [5.74, 6) is 0.124. The van der Waals surface area contributed by atoms with Crippen LogP contribution in [0.15, 0.2) is 23.1 Å². The summed E-state index contributed by atoms with van der Waals surface area (Å²) in [6, 6.07) is 4.49. The number of rotatable bonds is 4. The summed E-state index contributed by atoms with van der Waals surface area (Å²) >= 11 is 12.2. The quantitative estimate of drug-likeness (QED) is 0.807. The first-order valence-corrected chi connectivity index (χ1v) is 11.3. The first-order chi connectivity index (χ1) is 12.4. The van der Waals surface area contributed by atoms with E-state index in [9.17, 15) is 13.2 Å². The fraction of sp³-hybridized carbons (Fsp3) is 0.611. The van der Waals surface area contributed by atoms with E-state index in [0.29, 0.717) is 13.0 Å². The normalized spacial score (nSPS) is 22.9. The number of hydrogen-bond donors (Lipinski definition) is 1. The third-order valence-electron chi connectivity index (χ3n) is 5.22. The van der Waals surface area contributed by atoms with Gasteiger partial charge in [-0.15, -0.1) is 0 Å². The van der Waals surface area contributed by atoms with Gasteiger partial charge in [0.05, 0.1) is 10.0 Å². The summed E-state index contributed by atoms with van der Waals surface area (Å²) in [6.45, 7) is 0.655. The van der Waals surface area contributed by atoms with Crippen LogP contribution in [0.3, 0.4) is 0 Å². The third-order valence-corrected chi connectivity index (χ3v) is 8.04. The molecule has 1 atom stereocenters. The van der Waals surface area contributed by atoms with E-state index in [4.69, 9.17) is 23.2 Å². The van der Waals surface area contributed by atoms with Crippen LogP contribution in [0.2, 0.25) is 10.0 Å². The zero-order valence-electron chi connectivity index (χ0n) is 14.6. The highest BCUT2D eigenvalue weighted by molar-refractivity contribution is 7.89. The zero-order valence-corrected chi connectivity index (χ0v) is 16.9. The number of amides is 1. The molecule has 1 amide bonds. The molecule has 26 heavy (non-hydrogen) atoms. The molecule has 0 radical (unpaired) electrons. The van der Waals surface area contributed by atoms with Crippen molar-refractivity contribution in [2.24, 2.45) is 5.92 Å². The van der Waals surface area contributed by atoms with Gasteiger partial charge < -0.3 is 5.32 Å². The maximum absolute atomic E-state index is 13.0. The van der Waals surface area contributed by atoms with Crippen LogP contribution in [0.1, 0.15) is 44.9 Å². The van der Waals surface area contributed by atoms with E-state index in [-0.39, 0.29) is 39.4 Å². The van der Waals surface area contributed by atoms with E-state index in [2.05, 4.69) is 5.32 Å². The Morgan fingerprint density at radius 3 is 2.35 bits per heavy atom. The molecule has 1 N–H and O–H groups in total. The van der Waals surface area contributed by atoms with Crippen LogP contribution in [0.25, 0.3) is 0 Å². The van der Waals surface area contributed by atoms with E-state index >= 15 is 0 Å². The van der Waals surface area contributed by atoms with Gasteiger partial charge in [-0.25, -0.2) is 8.42 Å². The summed E-state index contributed by atoms with van der Waals surface area (Å²) in [6.07, 6.45) is 6.70. The average Bonchev–Trinajstić information content (AvgIpc) is 2.62. The molecule has 144 valence electrons. The van der Waals surface area contributed by atoms with Crippen molar-refractivity contribution < 1.29 is 13.2 Å². The monoisotopic (exact) mass is 418 g/mol. The molecule has 1 aromatic rings. The van der Waals surface area contributed by atoms with Gasteiger partial charge in [-0.3, -0.25) is 4.79 Å². The Morgan fingerprint density at radius 1 is 1.04 bits per heavy atom. The molecule has 8 heteroatoms. The Morgan fingerprint density at radius 2 is 1.69 bits per heavy atom. The van der Waals surface area contributed by atoms with Crippen molar-refractivity contribution >= 4 is 39.1 Å². The molecule has 0 spiro atoms. The van der Waals surface area contributed by atoms with E-state index in [0.717, 1.165) is 32.1 Å². The minimum atomic E-state index is -3.80. The van der Waals surface area contributed by atoms with Gasteiger partial charge in [0.15, 0.2) is 0 Å². The highest BCUT2D eigenvalue weighted by Gasteiger charge is 2.34. The molecule has 3 rings (SSSR count). The number of sulfonamides is 1. The summed E-state index contributed by atoms with van der Waals surface area (Å²) in [5, 5.41) is 3.29. The Labute approximate surface area is 165 Å². The van der Waals surface area contributed by atoms with Gasteiger partial charge in [-0.1, -0.05) is 48.5 Å². The molecule has 1 aliphatic heterocycles. The largest absolute Gasteiger partial charge is 0.352 e. The first kappa shape index (κ1) is 19.9. The van der Waals surface area contributed by atoms with Crippen molar-refractivity contribution in [3.05, 3.63) is 28.2 Å². The Hall–Kier alpha value is -0.820. The molecular formula is C18H24Cl2N2O3S. The number of piperidine rings is 1. The van der Waals surface area contributed by atoms with E-state index < -0.39 is 10.0 Å². The molecule has 2 fully saturated rings. The predicted octanol–water partition coefficient (Wildman–Crippen LogP) is 3.84. The van der Waals surface area contributed by atoms with Crippen LogP contribution in [0.5, 0.6) is 0 Å². The number of benzene rings is 1. The number of carbonyl (C=O) groups is 1. The van der Waals surface area contributed by atoms with E-state index in [1.54, 1.807) is 6.07 Å². The molecule has 2 aliphatic rings. The van der Waals surface area contributed by atoms with Crippen molar-refractivity contribution in [1.29, 1.82) is 0 Å². The van der Waals surface area contributed by atoms with Gasteiger partial charge >= 0.3 is 0 Å². The highest BCUT2D eigenvalue weighted by Crippen LogP contribution is 2.33. The maximum Gasteiger partial charge on any atom is 0.246 e. The molecular weight excluding hydrogens is 395 g/mol. The summed E-state index contributed by atoms with van der Waals surface area (Å²) in [5.41, 5.74) is 0. The van der Waals surface area contributed by atoms with Crippen LogP contribution < -0.4 is 5.32 Å². The highest BCUT2D eigenvalue weighted by atomic mass is 35.5. The summed E-state index contributed by atoms with van der Waals surface area (Å²) in [4.78, 5) is 12.4. The molecule has 1 aromatic carbocycles. The smallest absolute Gasteiger partial charge is 0.246 e. The number of carbonyl (C=O) groups excluding carboxylic acids is 1. The molecule has 0 bridgehead atoms. The Kier molecular flexibility index (Phi) is 6.49. The molecule has 1 heterocycles. The summed E-state index contributed by atoms with van der Waals surface area (Å²) < 4.78 is 27.4. The van der Waals surface area contributed by atoms with Gasteiger partial charge in [0, 0.05) is 25.0 Å². The topological polar surface area (TPSA) is 66.5 Å². The standard InChI is InChI=1S/C18H24Cl2N2O3S/c19-15-9-4-10-16(20)17(15)26(24,25)22-11-5-8-14(12-22)21-18(23)13-6-2-1-3-7-13/h4,9-10,13-14H,1-3,5-8,11-12H2,(H,21,23). The Bertz CT molecular complexity index is 743. The minimum Gasteiger partial charge on any atom is -0.352 e. The molecule has 1 saturated carbocycles. The van der Waals surface area contributed by atoms with Crippen LogP contribution in [-0.2, 0) is 14.8 Å². The first-order valence-electron chi connectivity index (χ1n) is 9.14. The number of halogens is 2. The number of nitrogens with one attached hydrogen (secondary N) is 1. The molecule has 1 saturated heterocycles. The average molecular weight is 419 g/mol. The minimum absolute atomic E-state index is 0.0532. The Balaban J connectivity index is 1.70. The second-order valence-electron chi connectivity index (χ2n) is 7.10. The lowest BCUT2D eigenvalue weighted by molar-refractivity contribution is -0.126. The van der Waals surface area contributed by atoms with Gasteiger partial charge in [0.25, 0.3) is 0 Å². The fourth-order valence-corrected chi connectivity index (χ4v) is 6.44. The van der Waals surface area contributed by atoms with Crippen molar-refractivity contribution in [2.75, 3.05) is 13.1 Å². The van der Waals surface area contributed by atoms with Crippen molar-refractivity contribution in [3.63, 3.8) is 0 Å². The number of hydrogen-bond acceptors (Lipinski definition) is 3. The van der Waals surface area contributed by atoms with E-state index in [1.165, 1.54) is 22.9 Å². The van der Waals surface area contributed by atoms with Crippen LogP contribution in [0, 0.1) is 5.92 Å². The predicted molar refractivity (Wildman–Crippen MR) is 103 cm³/mol. The third kappa shape index (κ3) is 4.35. The lowest BCUT2D eigenvalue weighted by atomic mass is 9.88. The number of nitrogens with zero attached hydrogens (tertiary/aromatic N) is 1. The molecule has 0 aromatic heterocycles. The van der Waals surface area contributed by atoms with Crippen molar-refractivity contribution in [3.8, 4) is 0 Å². The fourth-order valence-electron chi connectivity index (χ4n) is 3.82. The summed E-state index contributed by atoms with van der Waals surface area (Å²) in [7, 11) is -3.80. The van der Waals surface area contributed by atoms with Gasteiger partial charge in [0.2, 0.25) is 15.9 Å². The zero-order chi connectivity index (χ0) is 18.7. The molecule has 5 nitrogen and oxygen atoms in total. The van der Waals surface area contributed by atoms with Gasteiger partial charge in [-0.05, 0) is 37.8 Å². The van der Waals surface area contributed by atoms with Crippen LogP contribution >= 0.6 is 23.2 Å². The SMILES string of the molecule is O=C(NC1CCCN(S(=O)(=O)c2c(Cl)cccc2Cl)C1)C1CCCCC1.